The fourth-order valence-corrected chi connectivity index (χ4v) is 2.91. The molecular formula is C19H21NO4. The molecule has 1 heterocycles. The second-order valence-electron chi connectivity index (χ2n) is 6.45. The number of carbonyl (C=O) groups is 1. The van der Waals surface area contributed by atoms with Gasteiger partial charge < -0.3 is 14.2 Å². The van der Waals surface area contributed by atoms with Gasteiger partial charge in [0.25, 0.3) is 5.91 Å². The number of nitrogens with zero attached hydrogens (tertiary/aromatic N) is 1. The van der Waals surface area contributed by atoms with Crippen LogP contribution in [0.15, 0.2) is 36.4 Å². The van der Waals surface area contributed by atoms with E-state index >= 15 is 0 Å². The van der Waals surface area contributed by atoms with Crippen molar-refractivity contribution in [1.82, 2.24) is 0 Å². The molecule has 1 aliphatic heterocycles. The average Bonchev–Trinajstić information content (AvgIpc) is 3.37. The fraction of sp³-hybridized carbons (Fsp3) is 0.421. The molecule has 2 aromatic rings. The highest BCUT2D eigenvalue weighted by Gasteiger charge is 2.33. The van der Waals surface area contributed by atoms with E-state index in [1.807, 2.05) is 30.3 Å². The molecule has 0 bridgehead atoms. The van der Waals surface area contributed by atoms with E-state index in [4.69, 9.17) is 14.2 Å². The molecule has 1 atom stereocenters. The van der Waals surface area contributed by atoms with Crippen LogP contribution < -0.4 is 9.64 Å². The zero-order valence-corrected chi connectivity index (χ0v) is 13.7. The highest BCUT2D eigenvalue weighted by molar-refractivity contribution is 6.00. The molecule has 4 rings (SSSR count). The van der Waals surface area contributed by atoms with Crippen molar-refractivity contribution in [1.29, 1.82) is 0 Å². The van der Waals surface area contributed by atoms with Crippen LogP contribution in [0.2, 0.25) is 0 Å². The molecule has 0 radical (unpaired) electrons. The van der Waals surface area contributed by atoms with Crippen LogP contribution in [0.3, 0.4) is 0 Å². The maximum atomic E-state index is 12.3. The highest BCUT2D eigenvalue weighted by Crippen LogP contribution is 2.31. The van der Waals surface area contributed by atoms with Gasteiger partial charge in [-0.2, -0.15) is 0 Å². The van der Waals surface area contributed by atoms with Crippen molar-refractivity contribution in [3.8, 4) is 5.75 Å². The summed E-state index contributed by atoms with van der Waals surface area (Å²) < 4.78 is 16.3. The Kier molecular flexibility index (Phi) is 4.12. The maximum absolute atomic E-state index is 12.3. The summed E-state index contributed by atoms with van der Waals surface area (Å²) in [6.45, 7) is 1.36. The fourth-order valence-electron chi connectivity index (χ4n) is 2.91. The number of rotatable bonds is 6. The summed E-state index contributed by atoms with van der Waals surface area (Å²) in [5.74, 6) is 1.59. The number of amides is 1. The lowest BCUT2D eigenvalue weighted by Gasteiger charge is -2.15. The van der Waals surface area contributed by atoms with E-state index in [0.717, 1.165) is 34.7 Å². The third-order valence-electron chi connectivity index (χ3n) is 4.55. The summed E-state index contributed by atoms with van der Waals surface area (Å²) in [5, 5.41) is 2.18. The summed E-state index contributed by atoms with van der Waals surface area (Å²) >= 11 is 0. The molecular weight excluding hydrogens is 306 g/mol. The van der Waals surface area contributed by atoms with Crippen molar-refractivity contribution in [3.63, 3.8) is 0 Å². The number of carbonyl (C=O) groups excluding carboxylic acids is 1. The zero-order valence-electron chi connectivity index (χ0n) is 13.7. The van der Waals surface area contributed by atoms with Crippen LogP contribution in [0.5, 0.6) is 5.75 Å². The number of hydrogen-bond donors (Lipinski definition) is 0. The van der Waals surface area contributed by atoms with E-state index < -0.39 is 6.10 Å². The Morgan fingerprint density at radius 2 is 1.92 bits per heavy atom. The molecule has 0 spiro atoms. The number of anilines is 1. The molecule has 2 aliphatic rings. The van der Waals surface area contributed by atoms with Crippen LogP contribution >= 0.6 is 0 Å². The van der Waals surface area contributed by atoms with E-state index in [1.54, 1.807) is 12.0 Å². The minimum atomic E-state index is -0.510. The molecule has 0 N–H and O–H groups in total. The van der Waals surface area contributed by atoms with Crippen molar-refractivity contribution in [2.75, 3.05) is 32.0 Å². The summed E-state index contributed by atoms with van der Waals surface area (Å²) in [6.07, 6.45) is 2.06. The van der Waals surface area contributed by atoms with Gasteiger partial charge in [-0.15, -0.1) is 0 Å². The van der Waals surface area contributed by atoms with Gasteiger partial charge in [0.05, 0.1) is 13.2 Å². The third kappa shape index (κ3) is 3.09. The quantitative estimate of drug-likeness (QED) is 0.818. The Balaban J connectivity index is 1.52. The minimum absolute atomic E-state index is 0.0550. The van der Waals surface area contributed by atoms with Gasteiger partial charge in [-0.25, -0.2) is 0 Å². The van der Waals surface area contributed by atoms with E-state index in [9.17, 15) is 4.79 Å². The molecule has 0 unspecified atom stereocenters. The summed E-state index contributed by atoms with van der Waals surface area (Å²) in [7, 11) is 1.57. The summed E-state index contributed by atoms with van der Waals surface area (Å²) in [4.78, 5) is 14.0. The Morgan fingerprint density at radius 3 is 2.71 bits per heavy atom. The normalized spacial score (nSPS) is 20.8. The topological polar surface area (TPSA) is 48.0 Å². The molecule has 5 nitrogen and oxygen atoms in total. The van der Waals surface area contributed by atoms with Crippen molar-refractivity contribution in [3.05, 3.63) is 36.4 Å². The van der Waals surface area contributed by atoms with Gasteiger partial charge in [-0.3, -0.25) is 9.69 Å². The van der Waals surface area contributed by atoms with E-state index in [2.05, 4.69) is 6.07 Å². The smallest absolute Gasteiger partial charge is 0.260 e. The van der Waals surface area contributed by atoms with Crippen molar-refractivity contribution >= 4 is 22.4 Å². The van der Waals surface area contributed by atoms with E-state index in [-0.39, 0.29) is 19.2 Å². The lowest BCUT2D eigenvalue weighted by Crippen LogP contribution is -2.31. The largest absolute Gasteiger partial charge is 0.493 e. The molecule has 1 amide bonds. The second kappa shape index (κ2) is 6.42. The summed E-state index contributed by atoms with van der Waals surface area (Å²) in [6, 6.07) is 12.1. The molecule has 1 saturated carbocycles. The van der Waals surface area contributed by atoms with Gasteiger partial charge in [0.2, 0.25) is 0 Å². The monoisotopic (exact) mass is 327 g/mol. The van der Waals surface area contributed by atoms with E-state index in [0.29, 0.717) is 0 Å². The first-order valence-electron chi connectivity index (χ1n) is 8.33. The molecule has 1 saturated heterocycles. The number of hydrogen-bond acceptors (Lipinski definition) is 4. The predicted molar refractivity (Wildman–Crippen MR) is 91.3 cm³/mol. The van der Waals surface area contributed by atoms with Crippen molar-refractivity contribution < 1.29 is 19.0 Å². The molecule has 2 aromatic carbocycles. The first-order chi connectivity index (χ1) is 11.7. The minimum Gasteiger partial charge on any atom is -0.493 e. The first-order valence-corrected chi connectivity index (χ1v) is 8.33. The zero-order chi connectivity index (χ0) is 16.5. The van der Waals surface area contributed by atoms with Crippen LogP contribution in [0.25, 0.3) is 10.8 Å². The number of ether oxygens (including phenoxy) is 3. The van der Waals surface area contributed by atoms with Crippen molar-refractivity contribution in [2.45, 2.75) is 18.9 Å². The second-order valence-corrected chi connectivity index (χ2v) is 6.45. The Bertz CT molecular complexity index is 756. The number of benzene rings is 2. The summed E-state index contributed by atoms with van der Waals surface area (Å²) in [5.41, 5.74) is 0.845. The molecule has 5 heteroatoms. The van der Waals surface area contributed by atoms with Crippen LogP contribution in [-0.4, -0.2) is 39.1 Å². The third-order valence-corrected chi connectivity index (χ3v) is 4.55. The van der Waals surface area contributed by atoms with Crippen LogP contribution in [0.4, 0.5) is 5.69 Å². The molecule has 1 aliphatic carbocycles. The predicted octanol–water partition coefficient (Wildman–Crippen LogP) is 2.96. The van der Waals surface area contributed by atoms with Crippen LogP contribution in [0.1, 0.15) is 12.8 Å². The van der Waals surface area contributed by atoms with E-state index in [1.165, 1.54) is 12.8 Å². The maximum Gasteiger partial charge on any atom is 0.260 e. The highest BCUT2D eigenvalue weighted by atomic mass is 16.6. The first kappa shape index (κ1) is 15.4. The SMILES string of the molecule is COC[C@H]1OCN(c2ccc3cc(OCC4CC4)ccc3c2)C1=O. The van der Waals surface area contributed by atoms with Crippen LogP contribution in [0, 0.1) is 5.92 Å². The van der Waals surface area contributed by atoms with Gasteiger partial charge in [-0.1, -0.05) is 12.1 Å². The lowest BCUT2D eigenvalue weighted by atomic mass is 10.1. The van der Waals surface area contributed by atoms with Gasteiger partial charge in [0, 0.05) is 12.8 Å². The van der Waals surface area contributed by atoms with Crippen LogP contribution in [-0.2, 0) is 14.3 Å². The van der Waals surface area contributed by atoms with Gasteiger partial charge in [0.1, 0.15) is 12.5 Å². The van der Waals surface area contributed by atoms with Gasteiger partial charge in [0.15, 0.2) is 6.10 Å². The average molecular weight is 327 g/mol. The molecule has 2 fully saturated rings. The standard InChI is InChI=1S/C19H21NO4/c1-22-11-18-19(21)20(12-24-18)16-6-4-15-9-17(7-5-14(15)8-16)23-10-13-2-3-13/h4-9,13,18H,2-3,10-12H2,1H3/t18-/m1/s1. The van der Waals surface area contributed by atoms with Gasteiger partial charge >= 0.3 is 0 Å². The Hall–Kier alpha value is -2.11. The molecule has 24 heavy (non-hydrogen) atoms. The van der Waals surface area contributed by atoms with Gasteiger partial charge in [-0.05, 0) is 53.8 Å². The Morgan fingerprint density at radius 1 is 1.12 bits per heavy atom. The Labute approximate surface area is 141 Å². The van der Waals surface area contributed by atoms with Crippen molar-refractivity contribution in [2.24, 2.45) is 5.92 Å². The lowest BCUT2D eigenvalue weighted by molar-refractivity contribution is -0.124. The molecule has 126 valence electrons. The number of fused-ring (bicyclic) bond motifs is 1. The molecule has 0 aromatic heterocycles. The number of methoxy groups -OCH3 is 1.